The number of nitrogens with one attached hydrogen (secondary N) is 1. The van der Waals surface area contributed by atoms with Gasteiger partial charge in [0.2, 0.25) is 5.95 Å². The summed E-state index contributed by atoms with van der Waals surface area (Å²) in [5.41, 5.74) is 3.43. The molecule has 1 saturated heterocycles. The molecule has 23 heavy (non-hydrogen) atoms. The summed E-state index contributed by atoms with van der Waals surface area (Å²) in [6.07, 6.45) is 6.69. The van der Waals surface area contributed by atoms with Crippen LogP contribution in [-0.4, -0.2) is 27.8 Å². The van der Waals surface area contributed by atoms with Crippen LogP contribution in [0.4, 0.5) is 17.5 Å². The average molecular weight is 311 g/mol. The number of benzene rings is 1. The Hall–Kier alpha value is -2.17. The zero-order valence-electron chi connectivity index (χ0n) is 14.2. The Morgan fingerprint density at radius 1 is 1.22 bits per heavy atom. The number of aryl methyl sites for hydroxylation is 2. The average Bonchev–Trinajstić information content (AvgIpc) is 2.58. The van der Waals surface area contributed by atoms with Gasteiger partial charge in [0, 0.05) is 18.3 Å². The summed E-state index contributed by atoms with van der Waals surface area (Å²) in [5.74, 6) is 1.50. The molecule has 0 saturated carbocycles. The summed E-state index contributed by atoms with van der Waals surface area (Å²) in [7, 11) is 0. The van der Waals surface area contributed by atoms with Gasteiger partial charge in [0.25, 0.3) is 0 Å². The highest BCUT2D eigenvalue weighted by atomic mass is 15.3. The van der Waals surface area contributed by atoms with Crippen LogP contribution in [0.2, 0.25) is 0 Å². The number of para-hydroxylation sites is 1. The van der Waals surface area contributed by atoms with Gasteiger partial charge in [-0.3, -0.25) is 0 Å². The molecule has 1 aliphatic heterocycles. The van der Waals surface area contributed by atoms with Crippen LogP contribution >= 0.6 is 0 Å². The highest BCUT2D eigenvalue weighted by Gasteiger charge is 2.22. The zero-order chi connectivity index (χ0) is 16.2. The molecule has 5 heteroatoms. The quantitative estimate of drug-likeness (QED) is 0.925. The molecule has 1 atom stereocenters. The van der Waals surface area contributed by atoms with Gasteiger partial charge in [-0.15, -0.1) is 5.10 Å². The first-order valence-corrected chi connectivity index (χ1v) is 8.48. The first-order valence-electron chi connectivity index (χ1n) is 8.48. The van der Waals surface area contributed by atoms with Gasteiger partial charge in [0.05, 0.1) is 6.20 Å². The lowest BCUT2D eigenvalue weighted by atomic mass is 10.0. The molecule has 1 N–H and O–H groups in total. The summed E-state index contributed by atoms with van der Waals surface area (Å²) < 4.78 is 0. The largest absolute Gasteiger partial charge is 0.352 e. The van der Waals surface area contributed by atoms with Gasteiger partial charge in [0.1, 0.15) is 0 Å². The SMILES string of the molecule is CCC1CCCCN1c1cnnc(Nc2c(C)cccc2C)n1. The first kappa shape index (κ1) is 15.7. The van der Waals surface area contributed by atoms with Crippen LogP contribution in [-0.2, 0) is 0 Å². The molecule has 1 aromatic carbocycles. The van der Waals surface area contributed by atoms with Crippen molar-refractivity contribution in [3.63, 3.8) is 0 Å². The van der Waals surface area contributed by atoms with Gasteiger partial charge < -0.3 is 10.2 Å². The van der Waals surface area contributed by atoms with Crippen LogP contribution < -0.4 is 10.2 Å². The van der Waals surface area contributed by atoms with Gasteiger partial charge in [-0.1, -0.05) is 25.1 Å². The van der Waals surface area contributed by atoms with Crippen molar-refractivity contribution < 1.29 is 0 Å². The fourth-order valence-corrected chi connectivity index (χ4v) is 3.34. The van der Waals surface area contributed by atoms with Crippen molar-refractivity contribution >= 4 is 17.5 Å². The summed E-state index contributed by atoms with van der Waals surface area (Å²) in [6, 6.07) is 6.80. The van der Waals surface area contributed by atoms with Gasteiger partial charge in [0.15, 0.2) is 5.82 Å². The van der Waals surface area contributed by atoms with Gasteiger partial charge in [-0.2, -0.15) is 10.1 Å². The lowest BCUT2D eigenvalue weighted by molar-refractivity contribution is 0.446. The van der Waals surface area contributed by atoms with Crippen molar-refractivity contribution in [2.45, 2.75) is 52.5 Å². The highest BCUT2D eigenvalue weighted by Crippen LogP contribution is 2.26. The van der Waals surface area contributed by atoms with Crippen molar-refractivity contribution in [3.05, 3.63) is 35.5 Å². The van der Waals surface area contributed by atoms with E-state index in [0.717, 1.165) is 24.5 Å². The summed E-state index contributed by atoms with van der Waals surface area (Å²) in [6.45, 7) is 7.47. The van der Waals surface area contributed by atoms with Crippen LogP contribution in [0.3, 0.4) is 0 Å². The van der Waals surface area contributed by atoms with E-state index in [9.17, 15) is 0 Å². The number of anilines is 3. The summed E-state index contributed by atoms with van der Waals surface area (Å²) in [5, 5.41) is 11.7. The third-order valence-corrected chi connectivity index (χ3v) is 4.66. The Balaban J connectivity index is 1.85. The minimum atomic E-state index is 0.563. The molecule has 2 heterocycles. The normalized spacial score (nSPS) is 18.0. The third kappa shape index (κ3) is 3.44. The van der Waals surface area contributed by atoms with E-state index in [4.69, 9.17) is 4.98 Å². The number of piperidine rings is 1. The van der Waals surface area contributed by atoms with Gasteiger partial charge >= 0.3 is 0 Å². The molecule has 1 unspecified atom stereocenters. The lowest BCUT2D eigenvalue weighted by Crippen LogP contribution is -2.39. The topological polar surface area (TPSA) is 53.9 Å². The maximum Gasteiger partial charge on any atom is 0.249 e. The van der Waals surface area contributed by atoms with Crippen molar-refractivity contribution in [2.24, 2.45) is 0 Å². The van der Waals surface area contributed by atoms with Crippen LogP contribution in [0.5, 0.6) is 0 Å². The molecule has 1 aromatic heterocycles. The number of hydrogen-bond donors (Lipinski definition) is 1. The smallest absolute Gasteiger partial charge is 0.249 e. The Morgan fingerprint density at radius 3 is 2.74 bits per heavy atom. The molecule has 0 bridgehead atoms. The molecule has 1 aliphatic rings. The second kappa shape index (κ2) is 6.94. The Labute approximate surface area is 138 Å². The monoisotopic (exact) mass is 311 g/mol. The van der Waals surface area contributed by atoms with Crippen molar-refractivity contribution in [2.75, 3.05) is 16.8 Å². The maximum absolute atomic E-state index is 4.71. The minimum absolute atomic E-state index is 0.563. The molecule has 0 spiro atoms. The maximum atomic E-state index is 4.71. The van der Waals surface area contributed by atoms with E-state index in [1.807, 2.05) is 0 Å². The molecule has 5 nitrogen and oxygen atoms in total. The van der Waals surface area contributed by atoms with E-state index in [1.54, 1.807) is 6.20 Å². The minimum Gasteiger partial charge on any atom is -0.352 e. The zero-order valence-corrected chi connectivity index (χ0v) is 14.2. The number of rotatable bonds is 4. The van der Waals surface area contributed by atoms with Crippen LogP contribution in [0, 0.1) is 13.8 Å². The van der Waals surface area contributed by atoms with E-state index in [-0.39, 0.29) is 0 Å². The summed E-state index contributed by atoms with van der Waals surface area (Å²) in [4.78, 5) is 7.10. The predicted octanol–water partition coefficient (Wildman–Crippen LogP) is 4.00. The van der Waals surface area contributed by atoms with Crippen molar-refractivity contribution in [1.82, 2.24) is 15.2 Å². The first-order chi connectivity index (χ1) is 11.2. The molecule has 0 amide bonds. The fraction of sp³-hybridized carbons (Fsp3) is 0.500. The number of nitrogens with zero attached hydrogens (tertiary/aromatic N) is 4. The van der Waals surface area contributed by atoms with Gasteiger partial charge in [-0.25, -0.2) is 0 Å². The van der Waals surface area contributed by atoms with E-state index >= 15 is 0 Å². The molecule has 2 aromatic rings. The predicted molar refractivity (Wildman–Crippen MR) is 94.3 cm³/mol. The van der Waals surface area contributed by atoms with E-state index in [0.29, 0.717) is 12.0 Å². The standard InChI is InChI=1S/C18H25N5/c1-4-15-10-5-6-11-23(15)16-12-19-22-18(20-16)21-17-13(2)8-7-9-14(17)3/h7-9,12,15H,4-6,10-11H2,1-3H3,(H,20,21,22). The second-order valence-electron chi connectivity index (χ2n) is 6.28. The molecule has 0 radical (unpaired) electrons. The van der Waals surface area contributed by atoms with Crippen LogP contribution in [0.1, 0.15) is 43.7 Å². The van der Waals surface area contributed by atoms with E-state index in [1.165, 1.54) is 30.4 Å². The molecule has 1 fully saturated rings. The Morgan fingerprint density at radius 2 is 2.00 bits per heavy atom. The van der Waals surface area contributed by atoms with Crippen molar-refractivity contribution in [3.8, 4) is 0 Å². The van der Waals surface area contributed by atoms with Gasteiger partial charge in [-0.05, 0) is 50.7 Å². The molecule has 122 valence electrons. The third-order valence-electron chi connectivity index (χ3n) is 4.66. The Kier molecular flexibility index (Phi) is 4.74. The van der Waals surface area contributed by atoms with E-state index < -0.39 is 0 Å². The van der Waals surface area contributed by atoms with Crippen LogP contribution in [0.25, 0.3) is 0 Å². The van der Waals surface area contributed by atoms with E-state index in [2.05, 4.69) is 59.4 Å². The lowest BCUT2D eigenvalue weighted by Gasteiger charge is -2.35. The fourth-order valence-electron chi connectivity index (χ4n) is 3.34. The molecule has 3 rings (SSSR count). The second-order valence-corrected chi connectivity index (χ2v) is 6.28. The number of hydrogen-bond acceptors (Lipinski definition) is 5. The van der Waals surface area contributed by atoms with Crippen molar-refractivity contribution in [1.29, 1.82) is 0 Å². The highest BCUT2D eigenvalue weighted by molar-refractivity contribution is 5.63. The molecule has 0 aliphatic carbocycles. The molecular formula is C18H25N5. The van der Waals surface area contributed by atoms with Crippen LogP contribution in [0.15, 0.2) is 24.4 Å². The number of aromatic nitrogens is 3. The summed E-state index contributed by atoms with van der Waals surface area (Å²) >= 11 is 0. The molecular weight excluding hydrogens is 286 g/mol. The Bertz CT molecular complexity index is 650.